The van der Waals surface area contributed by atoms with Crippen molar-refractivity contribution in [2.45, 2.75) is 228 Å². The Balaban J connectivity index is 1.09. The minimum atomic E-state index is -1.80. The van der Waals surface area contributed by atoms with E-state index in [1.54, 1.807) is 60.9 Å². The standard InChI is InChI=1S/C88H121N23O20S/c1-8-10-21-67-81(124)98-47(3)75(118)106-66(77(120)96-42-73(92)116)44-132-45-74(117)99-63(33-49-24-26-53(112)27-25-49)84(127)107(5)48(4)76(119)104-65(38-72(91)115)87(130)110-32-16-23-68(110)82(125)103-62(36-52-41-93-46-97-52)80(123)101-60(28-29-71(90)114)86(129)111-43-54(113)37-70(111)83(126)102-61(34-50-39-94-57-19-14-12-17-55(50)57)79(122)100-59(30-31-89)78(121)105-64(35-51-40-95-58-20-15-13-18-56(51)58)85(128)109(7)69(22-11-9-2)88(131)108(67)6/h12-15,17-20,24-27,39-41,46-48,54,59-70,94-95,112-113H,8-11,16,21-23,28-38,42-45,89H2,1-7H3,(H2,90,114)(H2,91,115)(H2,92,116)(H,93,97)(H,96,120)(H,98,124)(H,99,117)(H,100,122)(H,101,123)(H,102,126)(H,103,125)(H,104,119)(H,105,121)(H,106,118)/t47-,48-,54+,59-,60-,61-,62-,63-,64-,65-,66-,67-,68-,69-,70-/m0/s1. The zero-order valence-corrected chi connectivity index (χ0v) is 75.6. The molecule has 23 N–H and O–H groups in total. The fraction of sp³-hybridized carbons (Fsp3) is 0.511. The van der Waals surface area contributed by atoms with Crippen LogP contribution in [-0.4, -0.2) is 310 Å². The number of aromatic hydroxyl groups is 1. The van der Waals surface area contributed by atoms with Crippen LogP contribution in [0.1, 0.15) is 134 Å². The topological polar surface area (TPSA) is 649 Å². The normalized spacial score (nSPS) is 25.0. The van der Waals surface area contributed by atoms with Gasteiger partial charge in [0, 0.05) is 125 Å². The molecule has 0 spiro atoms. The highest BCUT2D eigenvalue weighted by atomic mass is 32.2. The summed E-state index contributed by atoms with van der Waals surface area (Å²) >= 11 is 0.777. The molecule has 0 bridgehead atoms. The number of fused-ring (bicyclic) bond motifs is 4. The van der Waals surface area contributed by atoms with E-state index in [0.717, 1.165) is 26.5 Å². The van der Waals surface area contributed by atoms with E-state index < -0.39 is 247 Å². The molecule has 18 amide bonds. The average Bonchev–Trinajstić information content (AvgIpc) is 1.20. The highest BCUT2D eigenvalue weighted by Gasteiger charge is 2.47. The van der Waals surface area contributed by atoms with Crippen molar-refractivity contribution in [2.75, 3.05) is 58.8 Å². The Morgan fingerprint density at radius 3 is 1.67 bits per heavy atom. The molecule has 6 heterocycles. The molecule has 714 valence electrons. The minimum absolute atomic E-state index is 0.0270. The summed E-state index contributed by atoms with van der Waals surface area (Å²) in [7, 11) is 3.94. The van der Waals surface area contributed by atoms with Crippen LogP contribution in [0.15, 0.2) is 97.7 Å². The monoisotopic (exact) mass is 1850 g/mol. The van der Waals surface area contributed by atoms with E-state index in [2.05, 4.69) is 73.1 Å². The lowest BCUT2D eigenvalue weighted by Gasteiger charge is -2.36. The number of carbonyl (C=O) groups is 18. The maximum Gasteiger partial charge on any atom is 0.246 e. The number of aliphatic hydroxyl groups is 1. The number of imidazole rings is 1. The lowest BCUT2D eigenvalue weighted by atomic mass is 10.00. The molecule has 0 radical (unpaired) electrons. The summed E-state index contributed by atoms with van der Waals surface area (Å²) in [6, 6.07) is -2.00. The van der Waals surface area contributed by atoms with Crippen LogP contribution in [0.3, 0.4) is 0 Å². The Hall–Kier alpha value is -13.5. The van der Waals surface area contributed by atoms with E-state index in [0.29, 0.717) is 64.2 Å². The maximum absolute atomic E-state index is 15.7. The van der Waals surface area contributed by atoms with E-state index in [1.807, 2.05) is 13.8 Å². The summed E-state index contributed by atoms with van der Waals surface area (Å²) in [6.45, 7) is 4.62. The molecule has 132 heavy (non-hydrogen) atoms. The predicted molar refractivity (Wildman–Crippen MR) is 482 cm³/mol. The van der Waals surface area contributed by atoms with Gasteiger partial charge in [-0.25, -0.2) is 4.98 Å². The van der Waals surface area contributed by atoms with Crippen molar-refractivity contribution < 1.29 is 96.5 Å². The van der Waals surface area contributed by atoms with Crippen molar-refractivity contribution >= 4 is 140 Å². The molecule has 0 saturated carbocycles. The molecule has 0 unspecified atom stereocenters. The van der Waals surface area contributed by atoms with Crippen LogP contribution < -0.4 is 76.1 Å². The molecule has 3 aromatic heterocycles. The molecule has 9 rings (SSSR count). The number of rotatable bonds is 24. The van der Waals surface area contributed by atoms with Gasteiger partial charge in [-0.2, -0.15) is 0 Å². The molecule has 0 aliphatic carbocycles. The Kier molecular flexibility index (Phi) is 37.5. The number of aliphatic hydroxyl groups excluding tert-OH is 1. The Labute approximate surface area is 765 Å². The second-order valence-corrected chi connectivity index (χ2v) is 34.5. The van der Waals surface area contributed by atoms with Crippen LogP contribution >= 0.6 is 11.8 Å². The number of H-pyrrole nitrogens is 3. The maximum atomic E-state index is 15.7. The van der Waals surface area contributed by atoms with E-state index in [4.69, 9.17) is 22.9 Å². The number of thioether (sulfide) groups is 1. The van der Waals surface area contributed by atoms with E-state index in [-0.39, 0.29) is 82.3 Å². The first-order valence-corrected chi connectivity index (χ1v) is 45.1. The molecule has 3 aliphatic heterocycles. The average molecular weight is 1850 g/mol. The summed E-state index contributed by atoms with van der Waals surface area (Å²) in [5.74, 6) is -18.1. The van der Waals surface area contributed by atoms with Crippen LogP contribution in [0.25, 0.3) is 21.8 Å². The van der Waals surface area contributed by atoms with Gasteiger partial charge in [-0.15, -0.1) is 11.8 Å². The number of para-hydroxylation sites is 2. The highest BCUT2D eigenvalue weighted by molar-refractivity contribution is 8.00. The molecule has 43 nitrogen and oxygen atoms in total. The number of hydrogen-bond acceptors (Lipinski definition) is 23. The minimum Gasteiger partial charge on any atom is -0.508 e. The second-order valence-electron chi connectivity index (χ2n) is 33.4. The van der Waals surface area contributed by atoms with Crippen molar-refractivity contribution in [1.29, 1.82) is 0 Å². The number of nitrogens with one attached hydrogen (secondary N) is 13. The van der Waals surface area contributed by atoms with Crippen LogP contribution in [0.5, 0.6) is 5.75 Å². The van der Waals surface area contributed by atoms with Gasteiger partial charge in [-0.05, 0) is 99.9 Å². The Bertz CT molecular complexity index is 5150. The van der Waals surface area contributed by atoms with Gasteiger partial charge in [-0.3, -0.25) is 86.3 Å². The van der Waals surface area contributed by atoms with Gasteiger partial charge in [0.15, 0.2) is 0 Å². The number of nitrogens with zero attached hydrogens (tertiary/aromatic N) is 6. The molecule has 15 atom stereocenters. The van der Waals surface area contributed by atoms with Gasteiger partial charge in [0.05, 0.1) is 31.1 Å². The van der Waals surface area contributed by atoms with Crippen molar-refractivity contribution in [3.8, 4) is 5.75 Å². The molecule has 3 fully saturated rings. The summed E-state index contributed by atoms with van der Waals surface area (Å²) in [4.78, 5) is 280. The fourth-order valence-electron chi connectivity index (χ4n) is 16.2. The lowest BCUT2D eigenvalue weighted by Crippen LogP contribution is -2.61. The zero-order valence-electron chi connectivity index (χ0n) is 74.8. The van der Waals surface area contributed by atoms with Crippen molar-refractivity contribution in [3.05, 3.63) is 120 Å². The van der Waals surface area contributed by atoms with Crippen molar-refractivity contribution in [1.82, 2.24) is 97.6 Å². The molecule has 3 aromatic carbocycles. The first-order valence-electron chi connectivity index (χ1n) is 44.0. The number of amides is 18. The van der Waals surface area contributed by atoms with Gasteiger partial charge >= 0.3 is 0 Å². The van der Waals surface area contributed by atoms with Gasteiger partial charge in [-0.1, -0.05) is 88.1 Å². The molecule has 3 aliphatic rings. The third kappa shape index (κ3) is 27.8. The number of unbranched alkanes of at least 4 members (excludes halogenated alkanes) is 2. The number of nitrogens with two attached hydrogens (primary N) is 4. The quantitative estimate of drug-likeness (QED) is 0.0278. The summed E-state index contributed by atoms with van der Waals surface area (Å²) in [5.41, 5.74) is 26.0. The number of hydrogen-bond donors (Lipinski definition) is 19. The third-order valence-electron chi connectivity index (χ3n) is 23.7. The van der Waals surface area contributed by atoms with Crippen molar-refractivity contribution in [3.63, 3.8) is 0 Å². The Morgan fingerprint density at radius 2 is 1.07 bits per heavy atom. The largest absolute Gasteiger partial charge is 0.508 e. The highest BCUT2D eigenvalue weighted by Crippen LogP contribution is 2.28. The third-order valence-corrected chi connectivity index (χ3v) is 24.7. The van der Waals surface area contributed by atoms with Gasteiger partial charge in [0.25, 0.3) is 0 Å². The van der Waals surface area contributed by atoms with Crippen molar-refractivity contribution in [2.24, 2.45) is 22.9 Å². The number of aromatic amines is 3. The van der Waals surface area contributed by atoms with Crippen LogP contribution in [-0.2, 0) is 112 Å². The summed E-state index contributed by atoms with van der Waals surface area (Å²) in [6.07, 6.45) is 2.55. The molecule has 6 aromatic rings. The van der Waals surface area contributed by atoms with Crippen LogP contribution in [0.4, 0.5) is 0 Å². The van der Waals surface area contributed by atoms with E-state index in [1.165, 1.54) is 81.6 Å². The number of benzene rings is 3. The molecule has 3 saturated heterocycles. The molecular weight excluding hydrogens is 1730 g/mol. The van der Waals surface area contributed by atoms with Crippen LogP contribution in [0.2, 0.25) is 0 Å². The zero-order chi connectivity index (χ0) is 96.3. The number of phenolic OH excluding ortho intramolecular Hbond substituents is 1. The summed E-state index contributed by atoms with van der Waals surface area (Å²) < 4.78 is 0. The fourth-order valence-corrected chi connectivity index (χ4v) is 17.1. The summed E-state index contributed by atoms with van der Waals surface area (Å²) in [5, 5.41) is 49.2. The number of primary amides is 3. The number of aromatic nitrogens is 4. The second kappa shape index (κ2) is 48.4. The van der Waals surface area contributed by atoms with Gasteiger partial charge in [0.1, 0.15) is 90.3 Å². The number of carbonyl (C=O) groups excluding carboxylic acids is 18. The molecule has 44 heteroatoms. The number of phenols is 1. The molecular formula is C88H121N23O20S. The Morgan fingerprint density at radius 1 is 0.523 bits per heavy atom. The number of likely N-dealkylation sites (N-methyl/N-ethyl adjacent to an activating group) is 3. The van der Waals surface area contributed by atoms with Crippen LogP contribution in [0, 0.1) is 0 Å². The first-order chi connectivity index (χ1) is 62.9. The van der Waals surface area contributed by atoms with Gasteiger partial charge < -0.3 is 126 Å². The van der Waals surface area contributed by atoms with Gasteiger partial charge in [0.2, 0.25) is 106 Å². The smallest absolute Gasteiger partial charge is 0.246 e. The SMILES string of the molecule is CCCC[C@H]1C(=O)N(C)[C@@H](CCCC)C(=O)N[C@@H](C)C(=O)N[C@H](C(=O)NCC(N)=O)CSCC(=O)N[C@@H](Cc2ccc(O)cc2)C(=O)N(C)[C@@H](C)C(=O)N[C@@H](CC(N)=O)C(=O)N2CCC[C@H]2C(=O)N[C@@H](Cc2cnc[nH]2)C(=O)N[C@@H](CCC(N)=O)C(=O)N2C[C@H](O)C[C@H]2C(=O)N[C@@H](Cc2c[nH]c3ccccc23)C(=O)N[C@@H](CCN)C(=O)N[C@@H](Cc2c[nH]c3ccccc23)C(=O)N1C. The van der Waals surface area contributed by atoms with E-state index >= 15 is 33.6 Å². The van der Waals surface area contributed by atoms with E-state index in [9.17, 15) is 63.0 Å². The predicted octanol–water partition coefficient (Wildman–Crippen LogP) is -3.60. The first kappa shape index (κ1) is 102. The lowest BCUT2D eigenvalue weighted by molar-refractivity contribution is -0.149.